The lowest BCUT2D eigenvalue weighted by Gasteiger charge is -2.07. The van der Waals surface area contributed by atoms with Crippen LogP contribution in [0.4, 0.5) is 8.78 Å². The van der Waals surface area contributed by atoms with Crippen molar-refractivity contribution >= 4 is 0 Å². The summed E-state index contributed by atoms with van der Waals surface area (Å²) in [6.45, 7) is 3.53. The maximum absolute atomic E-state index is 13.6. The monoisotopic (exact) mass is 322 g/mol. The van der Waals surface area contributed by atoms with Gasteiger partial charge in [-0.2, -0.15) is 0 Å². The average molecular weight is 322 g/mol. The first kappa shape index (κ1) is 16.4. The zero-order valence-corrected chi connectivity index (χ0v) is 13.9. The van der Waals surface area contributed by atoms with Gasteiger partial charge in [-0.1, -0.05) is 54.1 Å². The van der Waals surface area contributed by atoms with Crippen LogP contribution < -0.4 is 0 Å². The Morgan fingerprint density at radius 1 is 0.625 bits per heavy atom. The lowest BCUT2D eigenvalue weighted by molar-refractivity contribution is 0.564. The molecule has 0 atom stereocenters. The summed E-state index contributed by atoms with van der Waals surface area (Å²) in [6.07, 6.45) is 1.38. The maximum atomic E-state index is 13.6. The number of hydrogen-bond acceptors (Lipinski definition) is 0. The van der Waals surface area contributed by atoms with Crippen molar-refractivity contribution in [2.45, 2.75) is 26.7 Å². The molecule has 0 aliphatic heterocycles. The van der Waals surface area contributed by atoms with E-state index >= 15 is 0 Å². The zero-order valence-electron chi connectivity index (χ0n) is 13.9. The molecule has 0 heterocycles. The van der Waals surface area contributed by atoms with Crippen molar-refractivity contribution in [2.24, 2.45) is 0 Å². The molecule has 0 N–H and O–H groups in total. The van der Waals surface area contributed by atoms with Crippen molar-refractivity contribution in [3.05, 3.63) is 94.6 Å². The van der Waals surface area contributed by atoms with Crippen molar-refractivity contribution in [1.82, 2.24) is 0 Å². The standard InChI is InChI=1S/C22H20F2/c1-15-3-9-19(10-4-15)20-11-7-17(8-12-20)5-6-18-13-21(23)16(2)22(24)14-18/h3-4,7-14H,5-6H2,1-2H3. The van der Waals surface area contributed by atoms with Crippen LogP contribution in [-0.4, -0.2) is 0 Å². The van der Waals surface area contributed by atoms with E-state index in [1.165, 1.54) is 35.7 Å². The highest BCUT2D eigenvalue weighted by molar-refractivity contribution is 5.63. The van der Waals surface area contributed by atoms with Crippen LogP contribution in [0.2, 0.25) is 0 Å². The summed E-state index contributed by atoms with van der Waals surface area (Å²) in [5.41, 5.74) is 5.54. The van der Waals surface area contributed by atoms with Gasteiger partial charge in [0.2, 0.25) is 0 Å². The third-order valence-electron chi connectivity index (χ3n) is 4.38. The average Bonchev–Trinajstić information content (AvgIpc) is 2.59. The number of rotatable bonds is 4. The second-order valence-electron chi connectivity index (χ2n) is 6.25. The van der Waals surface area contributed by atoms with Gasteiger partial charge in [-0.3, -0.25) is 0 Å². The molecule has 0 saturated carbocycles. The Labute approximate surface area is 141 Å². The summed E-state index contributed by atoms with van der Waals surface area (Å²) in [4.78, 5) is 0. The van der Waals surface area contributed by atoms with Crippen molar-refractivity contribution in [3.63, 3.8) is 0 Å². The van der Waals surface area contributed by atoms with Crippen LogP contribution in [0.15, 0.2) is 60.7 Å². The first-order valence-electron chi connectivity index (χ1n) is 8.13. The van der Waals surface area contributed by atoms with Crippen LogP contribution in [0.1, 0.15) is 22.3 Å². The molecule has 2 heteroatoms. The van der Waals surface area contributed by atoms with Crippen molar-refractivity contribution in [2.75, 3.05) is 0 Å². The summed E-state index contributed by atoms with van der Waals surface area (Å²) < 4.78 is 27.2. The predicted octanol–water partition coefficient (Wildman–Crippen LogP) is 6.03. The van der Waals surface area contributed by atoms with Crippen LogP contribution >= 0.6 is 0 Å². The van der Waals surface area contributed by atoms with Gasteiger partial charge in [0.25, 0.3) is 0 Å². The molecule has 0 aromatic heterocycles. The van der Waals surface area contributed by atoms with Gasteiger partial charge in [0.05, 0.1) is 0 Å². The van der Waals surface area contributed by atoms with E-state index in [1.807, 2.05) is 0 Å². The molecular formula is C22H20F2. The lowest BCUT2D eigenvalue weighted by Crippen LogP contribution is -1.96. The summed E-state index contributed by atoms with van der Waals surface area (Å²) in [5.74, 6) is -0.945. The minimum Gasteiger partial charge on any atom is -0.207 e. The second-order valence-corrected chi connectivity index (χ2v) is 6.25. The highest BCUT2D eigenvalue weighted by Gasteiger charge is 2.07. The topological polar surface area (TPSA) is 0 Å². The Hall–Kier alpha value is -2.48. The normalized spacial score (nSPS) is 10.8. The van der Waals surface area contributed by atoms with E-state index in [1.54, 1.807) is 0 Å². The van der Waals surface area contributed by atoms with Gasteiger partial charge in [0, 0.05) is 5.56 Å². The van der Waals surface area contributed by atoms with Gasteiger partial charge < -0.3 is 0 Å². The van der Waals surface area contributed by atoms with Crippen LogP contribution in [0.25, 0.3) is 11.1 Å². The van der Waals surface area contributed by atoms with Gasteiger partial charge in [-0.05, 0) is 61.1 Å². The molecule has 3 rings (SSSR count). The van der Waals surface area contributed by atoms with Crippen LogP contribution in [0.5, 0.6) is 0 Å². The van der Waals surface area contributed by atoms with Gasteiger partial charge in [0.1, 0.15) is 11.6 Å². The smallest absolute Gasteiger partial charge is 0.129 e. The quantitative estimate of drug-likeness (QED) is 0.550. The molecule has 3 aromatic rings. The molecule has 0 bridgehead atoms. The van der Waals surface area contributed by atoms with E-state index in [0.29, 0.717) is 12.0 Å². The van der Waals surface area contributed by atoms with E-state index in [4.69, 9.17) is 0 Å². The van der Waals surface area contributed by atoms with Crippen LogP contribution in [0, 0.1) is 25.5 Å². The molecule has 0 nitrogen and oxygen atoms in total. The summed E-state index contributed by atoms with van der Waals surface area (Å²) in [6, 6.07) is 19.6. The molecule has 0 unspecified atom stereocenters. The van der Waals surface area contributed by atoms with Crippen LogP contribution in [0.3, 0.4) is 0 Å². The molecule has 0 aliphatic rings. The highest BCUT2D eigenvalue weighted by Crippen LogP contribution is 2.21. The number of benzene rings is 3. The fraction of sp³-hybridized carbons (Fsp3) is 0.182. The minimum atomic E-state index is -0.472. The van der Waals surface area contributed by atoms with Gasteiger partial charge >= 0.3 is 0 Å². The largest absolute Gasteiger partial charge is 0.207 e. The molecule has 122 valence electrons. The fourth-order valence-electron chi connectivity index (χ4n) is 2.74. The molecule has 0 saturated heterocycles. The van der Waals surface area contributed by atoms with E-state index in [-0.39, 0.29) is 5.56 Å². The molecule has 3 aromatic carbocycles. The van der Waals surface area contributed by atoms with E-state index < -0.39 is 11.6 Å². The molecule has 0 amide bonds. The Balaban J connectivity index is 1.69. The van der Waals surface area contributed by atoms with Gasteiger partial charge in [-0.15, -0.1) is 0 Å². The highest BCUT2D eigenvalue weighted by atomic mass is 19.1. The maximum Gasteiger partial charge on any atom is 0.129 e. The number of hydrogen-bond donors (Lipinski definition) is 0. The predicted molar refractivity (Wildman–Crippen MR) is 95.1 cm³/mol. The SMILES string of the molecule is Cc1ccc(-c2ccc(CCc3cc(F)c(C)c(F)c3)cc2)cc1. The molecular weight excluding hydrogens is 302 g/mol. The number of halogens is 2. The Morgan fingerprint density at radius 3 is 1.62 bits per heavy atom. The first-order valence-corrected chi connectivity index (χ1v) is 8.13. The van der Waals surface area contributed by atoms with E-state index in [2.05, 4.69) is 55.5 Å². The Morgan fingerprint density at radius 2 is 1.08 bits per heavy atom. The third-order valence-corrected chi connectivity index (χ3v) is 4.38. The van der Waals surface area contributed by atoms with E-state index in [9.17, 15) is 8.78 Å². The van der Waals surface area contributed by atoms with Gasteiger partial charge in [0.15, 0.2) is 0 Å². The number of aryl methyl sites for hydroxylation is 3. The zero-order chi connectivity index (χ0) is 17.1. The molecule has 0 aliphatic carbocycles. The second kappa shape index (κ2) is 6.96. The van der Waals surface area contributed by atoms with Crippen molar-refractivity contribution in [3.8, 4) is 11.1 Å². The lowest BCUT2D eigenvalue weighted by atomic mass is 9.99. The van der Waals surface area contributed by atoms with E-state index in [0.717, 1.165) is 12.0 Å². The van der Waals surface area contributed by atoms with Crippen molar-refractivity contribution < 1.29 is 8.78 Å². The van der Waals surface area contributed by atoms with Gasteiger partial charge in [-0.25, -0.2) is 8.78 Å². The molecule has 0 radical (unpaired) electrons. The van der Waals surface area contributed by atoms with Crippen LogP contribution in [-0.2, 0) is 12.8 Å². The van der Waals surface area contributed by atoms with Crippen molar-refractivity contribution in [1.29, 1.82) is 0 Å². The first-order chi connectivity index (χ1) is 11.5. The molecule has 0 fully saturated rings. The summed E-state index contributed by atoms with van der Waals surface area (Å²) in [7, 11) is 0. The molecule has 0 spiro atoms. The minimum absolute atomic E-state index is 0.0844. The summed E-state index contributed by atoms with van der Waals surface area (Å²) in [5, 5.41) is 0. The molecule has 24 heavy (non-hydrogen) atoms. The fourth-order valence-corrected chi connectivity index (χ4v) is 2.74. The Bertz CT molecular complexity index is 808. The third kappa shape index (κ3) is 3.70. The summed E-state index contributed by atoms with van der Waals surface area (Å²) >= 11 is 0. The Kier molecular flexibility index (Phi) is 4.75.